The van der Waals surface area contributed by atoms with Crippen molar-refractivity contribution < 1.29 is 0 Å². The van der Waals surface area contributed by atoms with Crippen LogP contribution >= 0.6 is 0 Å². The molecule has 0 spiro atoms. The van der Waals surface area contributed by atoms with E-state index in [2.05, 4.69) is 22.2 Å². The summed E-state index contributed by atoms with van der Waals surface area (Å²) in [4.78, 5) is 8.33. The summed E-state index contributed by atoms with van der Waals surface area (Å²) >= 11 is 0. The third-order valence-corrected chi connectivity index (χ3v) is 4.47. The van der Waals surface area contributed by atoms with Crippen LogP contribution in [0, 0.1) is 17.8 Å². The van der Waals surface area contributed by atoms with Crippen molar-refractivity contribution in [2.45, 2.75) is 38.6 Å². The molecule has 3 nitrogen and oxygen atoms in total. The first-order valence-corrected chi connectivity index (χ1v) is 6.90. The minimum Gasteiger partial charge on any atom is -0.310 e. The van der Waals surface area contributed by atoms with E-state index in [1.54, 1.807) is 6.33 Å². The Kier molecular flexibility index (Phi) is 3.10. The molecule has 2 fully saturated rings. The first kappa shape index (κ1) is 11.1. The molecule has 0 saturated heterocycles. The van der Waals surface area contributed by atoms with Crippen LogP contribution in [0.5, 0.6) is 0 Å². The maximum Gasteiger partial charge on any atom is 0.115 e. The molecule has 92 valence electrons. The molecule has 0 aliphatic heterocycles. The molecular formula is C14H21N3. The average molecular weight is 231 g/mol. The molecule has 1 N–H and O–H groups in total. The first-order valence-electron chi connectivity index (χ1n) is 6.90. The number of nitrogens with one attached hydrogen (secondary N) is 1. The molecule has 1 heterocycles. The molecule has 0 aromatic carbocycles. The minimum absolute atomic E-state index is 0.481. The molecule has 2 aliphatic rings. The summed E-state index contributed by atoms with van der Waals surface area (Å²) in [6.07, 6.45) is 11.3. The predicted octanol–water partition coefficient (Wildman–Crippen LogP) is 2.56. The lowest BCUT2D eigenvalue weighted by atomic mass is 10.0. The first-order chi connectivity index (χ1) is 8.42. The molecule has 0 radical (unpaired) electrons. The van der Waals surface area contributed by atoms with Gasteiger partial charge in [0, 0.05) is 24.0 Å². The highest BCUT2D eigenvalue weighted by atomic mass is 14.9. The molecule has 2 saturated carbocycles. The Morgan fingerprint density at radius 3 is 2.47 bits per heavy atom. The van der Waals surface area contributed by atoms with Crippen molar-refractivity contribution in [3.63, 3.8) is 0 Å². The summed E-state index contributed by atoms with van der Waals surface area (Å²) in [5, 5.41) is 3.64. The van der Waals surface area contributed by atoms with Crippen LogP contribution in [-0.4, -0.2) is 16.5 Å². The van der Waals surface area contributed by atoms with Gasteiger partial charge in [-0.3, -0.25) is 0 Å². The van der Waals surface area contributed by atoms with Gasteiger partial charge in [-0.1, -0.05) is 19.8 Å². The van der Waals surface area contributed by atoms with Gasteiger partial charge in [0.1, 0.15) is 6.33 Å². The summed E-state index contributed by atoms with van der Waals surface area (Å²) in [5.74, 6) is 2.77. The zero-order valence-electron chi connectivity index (χ0n) is 10.5. The smallest absolute Gasteiger partial charge is 0.115 e. The SMILES string of the molecule is CCNC(c1cncnc1)C1C2CCCCC21. The van der Waals surface area contributed by atoms with E-state index in [1.165, 1.54) is 31.2 Å². The van der Waals surface area contributed by atoms with Gasteiger partial charge in [-0.05, 0) is 37.1 Å². The van der Waals surface area contributed by atoms with Gasteiger partial charge >= 0.3 is 0 Å². The zero-order valence-corrected chi connectivity index (χ0v) is 10.5. The monoisotopic (exact) mass is 231 g/mol. The number of aromatic nitrogens is 2. The van der Waals surface area contributed by atoms with Crippen molar-refractivity contribution in [2.75, 3.05) is 6.54 Å². The Balaban J connectivity index is 1.77. The second-order valence-corrected chi connectivity index (χ2v) is 5.40. The molecule has 0 bridgehead atoms. The Labute approximate surface area is 103 Å². The summed E-state index contributed by atoms with van der Waals surface area (Å²) in [6, 6.07) is 0.481. The molecule has 3 heteroatoms. The van der Waals surface area contributed by atoms with E-state index in [0.29, 0.717) is 6.04 Å². The number of nitrogens with zero attached hydrogens (tertiary/aromatic N) is 2. The van der Waals surface area contributed by atoms with Gasteiger partial charge in [0.2, 0.25) is 0 Å². The maximum atomic E-state index is 4.16. The van der Waals surface area contributed by atoms with Gasteiger partial charge in [-0.2, -0.15) is 0 Å². The third-order valence-electron chi connectivity index (χ3n) is 4.47. The topological polar surface area (TPSA) is 37.8 Å². The molecule has 2 aliphatic carbocycles. The lowest BCUT2D eigenvalue weighted by Gasteiger charge is -2.17. The molecule has 3 atom stereocenters. The molecule has 3 unspecified atom stereocenters. The van der Waals surface area contributed by atoms with E-state index >= 15 is 0 Å². The van der Waals surface area contributed by atoms with Gasteiger partial charge in [0.25, 0.3) is 0 Å². The lowest BCUT2D eigenvalue weighted by molar-refractivity contribution is 0.454. The number of hydrogen-bond acceptors (Lipinski definition) is 3. The summed E-state index contributed by atoms with van der Waals surface area (Å²) in [7, 11) is 0. The van der Waals surface area contributed by atoms with E-state index in [1.807, 2.05) is 12.4 Å². The fourth-order valence-corrected chi connectivity index (χ4v) is 3.71. The summed E-state index contributed by atoms with van der Waals surface area (Å²) < 4.78 is 0. The highest BCUT2D eigenvalue weighted by Crippen LogP contribution is 2.60. The van der Waals surface area contributed by atoms with Crippen molar-refractivity contribution in [1.82, 2.24) is 15.3 Å². The fourth-order valence-electron chi connectivity index (χ4n) is 3.71. The number of hydrogen-bond donors (Lipinski definition) is 1. The highest BCUT2D eigenvalue weighted by Gasteiger charge is 2.54. The Morgan fingerprint density at radius 2 is 1.88 bits per heavy atom. The van der Waals surface area contributed by atoms with Gasteiger partial charge < -0.3 is 5.32 Å². The largest absolute Gasteiger partial charge is 0.310 e. The predicted molar refractivity (Wildman–Crippen MR) is 67.4 cm³/mol. The fraction of sp³-hybridized carbons (Fsp3) is 0.714. The molecule has 1 aromatic rings. The summed E-state index contributed by atoms with van der Waals surface area (Å²) in [6.45, 7) is 3.21. The Hall–Kier alpha value is -0.960. The van der Waals surface area contributed by atoms with Gasteiger partial charge in [0.05, 0.1) is 0 Å². The maximum absolute atomic E-state index is 4.16. The van der Waals surface area contributed by atoms with Crippen LogP contribution in [0.1, 0.15) is 44.2 Å². The van der Waals surface area contributed by atoms with Gasteiger partial charge in [0.15, 0.2) is 0 Å². The molecule has 1 aromatic heterocycles. The van der Waals surface area contributed by atoms with Crippen molar-refractivity contribution in [1.29, 1.82) is 0 Å². The van der Waals surface area contributed by atoms with Crippen LogP contribution < -0.4 is 5.32 Å². The normalized spacial score (nSPS) is 32.9. The minimum atomic E-state index is 0.481. The van der Waals surface area contributed by atoms with E-state index in [4.69, 9.17) is 0 Å². The zero-order chi connectivity index (χ0) is 11.7. The van der Waals surface area contributed by atoms with E-state index in [-0.39, 0.29) is 0 Å². The Bertz CT molecular complexity index is 353. The van der Waals surface area contributed by atoms with E-state index in [9.17, 15) is 0 Å². The summed E-state index contributed by atoms with van der Waals surface area (Å²) in [5.41, 5.74) is 1.27. The van der Waals surface area contributed by atoms with Crippen molar-refractivity contribution >= 4 is 0 Å². The lowest BCUT2D eigenvalue weighted by Crippen LogP contribution is -2.24. The second-order valence-electron chi connectivity index (χ2n) is 5.40. The second kappa shape index (κ2) is 4.73. The quantitative estimate of drug-likeness (QED) is 0.865. The molecule has 3 rings (SSSR count). The van der Waals surface area contributed by atoms with Crippen LogP contribution in [0.2, 0.25) is 0 Å². The highest BCUT2D eigenvalue weighted by molar-refractivity contribution is 5.17. The standard InChI is InChI=1S/C14H21N3/c1-2-17-14(10-7-15-9-16-8-10)13-11-5-3-4-6-12(11)13/h7-9,11-14,17H,2-6H2,1H3. The van der Waals surface area contributed by atoms with Crippen LogP contribution in [0.4, 0.5) is 0 Å². The molecule has 17 heavy (non-hydrogen) atoms. The van der Waals surface area contributed by atoms with Crippen molar-refractivity contribution in [3.8, 4) is 0 Å². The van der Waals surface area contributed by atoms with Crippen LogP contribution in [-0.2, 0) is 0 Å². The van der Waals surface area contributed by atoms with Gasteiger partial charge in [-0.25, -0.2) is 9.97 Å². The Morgan fingerprint density at radius 1 is 1.24 bits per heavy atom. The number of fused-ring (bicyclic) bond motifs is 1. The van der Waals surface area contributed by atoms with Crippen LogP contribution in [0.25, 0.3) is 0 Å². The average Bonchev–Trinajstić information content (AvgIpc) is 3.11. The molecular weight excluding hydrogens is 210 g/mol. The van der Waals surface area contributed by atoms with Crippen LogP contribution in [0.3, 0.4) is 0 Å². The molecule has 0 amide bonds. The third kappa shape index (κ3) is 2.08. The number of rotatable bonds is 4. The van der Waals surface area contributed by atoms with E-state index in [0.717, 1.165) is 24.3 Å². The van der Waals surface area contributed by atoms with Crippen molar-refractivity contribution in [3.05, 3.63) is 24.3 Å². The van der Waals surface area contributed by atoms with E-state index < -0.39 is 0 Å². The van der Waals surface area contributed by atoms with Crippen LogP contribution in [0.15, 0.2) is 18.7 Å². The van der Waals surface area contributed by atoms with Gasteiger partial charge in [-0.15, -0.1) is 0 Å². The van der Waals surface area contributed by atoms with Crippen molar-refractivity contribution in [2.24, 2.45) is 17.8 Å².